The molecule has 1 unspecified atom stereocenters. The highest BCUT2D eigenvalue weighted by Gasteiger charge is 2.24. The topological polar surface area (TPSA) is 74.3 Å². The molecule has 22 heavy (non-hydrogen) atoms. The maximum Gasteiger partial charge on any atom is 0.323 e. The summed E-state index contributed by atoms with van der Waals surface area (Å²) in [7, 11) is 0. The molecule has 2 N–H and O–H groups in total. The minimum absolute atomic E-state index is 0.0454. The van der Waals surface area contributed by atoms with Crippen molar-refractivity contribution < 1.29 is 9.59 Å². The van der Waals surface area contributed by atoms with Crippen molar-refractivity contribution in [2.75, 3.05) is 18.4 Å². The predicted molar refractivity (Wildman–Crippen MR) is 85.6 cm³/mol. The number of nitrogens with zero attached hydrogens (tertiary/aromatic N) is 2. The first-order valence-corrected chi connectivity index (χ1v) is 7.87. The van der Waals surface area contributed by atoms with Crippen LogP contribution in [0.3, 0.4) is 0 Å². The van der Waals surface area contributed by atoms with E-state index in [0.29, 0.717) is 25.3 Å². The third-order valence-corrected chi connectivity index (χ3v) is 3.67. The molecule has 1 fully saturated rings. The number of pyridine rings is 1. The summed E-state index contributed by atoms with van der Waals surface area (Å²) in [4.78, 5) is 30.0. The molecule has 1 aliphatic rings. The van der Waals surface area contributed by atoms with E-state index in [9.17, 15) is 9.59 Å². The Kier molecular flexibility index (Phi) is 5.75. The minimum atomic E-state index is -0.160. The molecule has 2 rings (SSSR count). The first kappa shape index (κ1) is 16.3. The van der Waals surface area contributed by atoms with Crippen LogP contribution in [0.15, 0.2) is 18.2 Å². The van der Waals surface area contributed by atoms with E-state index in [1.807, 2.05) is 26.0 Å². The Morgan fingerprint density at radius 3 is 2.95 bits per heavy atom. The number of hydrogen-bond donors (Lipinski definition) is 2. The lowest BCUT2D eigenvalue weighted by atomic mass is 10.1. The lowest BCUT2D eigenvalue weighted by Gasteiger charge is -2.33. The number of carbonyl (C=O) groups excluding carboxylic acids is 2. The van der Waals surface area contributed by atoms with Gasteiger partial charge in [0.25, 0.3) is 0 Å². The molecule has 0 aliphatic carbocycles. The van der Waals surface area contributed by atoms with Crippen LogP contribution in [-0.2, 0) is 4.79 Å². The fourth-order valence-corrected chi connectivity index (χ4v) is 2.61. The number of anilines is 1. The Balaban J connectivity index is 1.88. The molecule has 1 atom stereocenters. The molecular formula is C16H24N4O2. The van der Waals surface area contributed by atoms with Crippen molar-refractivity contribution in [2.24, 2.45) is 0 Å². The van der Waals surface area contributed by atoms with Crippen molar-refractivity contribution in [3.63, 3.8) is 0 Å². The molecule has 0 saturated carbocycles. The molecule has 3 amide bonds. The molecule has 6 nitrogen and oxygen atoms in total. The third-order valence-electron chi connectivity index (χ3n) is 3.67. The fraction of sp³-hybridized carbons (Fsp3) is 0.562. The Hall–Kier alpha value is -2.11. The average Bonchev–Trinajstić information content (AvgIpc) is 2.47. The second kappa shape index (κ2) is 7.77. The number of hydrogen-bond acceptors (Lipinski definition) is 3. The largest absolute Gasteiger partial charge is 0.352 e. The number of nitrogens with one attached hydrogen (secondary N) is 2. The standard InChI is InChI=1S/C16H24N4O2/c1-3-6-15(21)18-13-8-5-10-20(11-13)16(22)19-14-9-4-7-12(2)17-14/h4,7,9,13H,3,5-6,8,10-11H2,1-2H3,(H,18,21)(H,17,19,22). The number of amides is 3. The lowest BCUT2D eigenvalue weighted by Crippen LogP contribution is -2.50. The molecule has 6 heteroatoms. The SMILES string of the molecule is CCCC(=O)NC1CCCN(C(=O)Nc2cccc(C)n2)C1. The van der Waals surface area contributed by atoms with Gasteiger partial charge in [-0.25, -0.2) is 9.78 Å². The van der Waals surface area contributed by atoms with E-state index in [1.54, 1.807) is 11.0 Å². The van der Waals surface area contributed by atoms with Crippen molar-refractivity contribution >= 4 is 17.8 Å². The summed E-state index contributed by atoms with van der Waals surface area (Å²) in [5.41, 5.74) is 0.862. The fourth-order valence-electron chi connectivity index (χ4n) is 2.61. The Morgan fingerprint density at radius 1 is 1.41 bits per heavy atom. The maximum atomic E-state index is 12.3. The first-order valence-electron chi connectivity index (χ1n) is 7.87. The van der Waals surface area contributed by atoms with Crippen molar-refractivity contribution in [3.05, 3.63) is 23.9 Å². The highest BCUT2D eigenvalue weighted by molar-refractivity contribution is 5.88. The molecule has 1 saturated heterocycles. The lowest BCUT2D eigenvalue weighted by molar-refractivity contribution is -0.122. The van der Waals surface area contributed by atoms with Gasteiger partial charge >= 0.3 is 6.03 Å². The molecule has 0 bridgehead atoms. The molecule has 1 aromatic rings. The molecular weight excluding hydrogens is 280 g/mol. The molecule has 0 radical (unpaired) electrons. The number of rotatable bonds is 4. The van der Waals surface area contributed by atoms with Crippen LogP contribution >= 0.6 is 0 Å². The monoisotopic (exact) mass is 304 g/mol. The van der Waals surface area contributed by atoms with Gasteiger partial charge in [-0.05, 0) is 38.3 Å². The Bertz CT molecular complexity index is 533. The maximum absolute atomic E-state index is 12.3. The smallest absolute Gasteiger partial charge is 0.323 e. The zero-order valence-electron chi connectivity index (χ0n) is 13.3. The number of aryl methyl sites for hydroxylation is 1. The van der Waals surface area contributed by atoms with Crippen LogP contribution in [0.1, 0.15) is 38.3 Å². The molecule has 0 spiro atoms. The number of aromatic nitrogens is 1. The Labute approximate surface area is 131 Å². The van der Waals surface area contributed by atoms with Crippen LogP contribution in [-0.4, -0.2) is 41.0 Å². The van der Waals surface area contributed by atoms with Gasteiger partial charge < -0.3 is 10.2 Å². The summed E-state index contributed by atoms with van der Waals surface area (Å²) >= 11 is 0. The number of urea groups is 1. The van der Waals surface area contributed by atoms with Crippen molar-refractivity contribution in [3.8, 4) is 0 Å². The van der Waals surface area contributed by atoms with Crippen LogP contribution in [0.4, 0.5) is 10.6 Å². The van der Waals surface area contributed by atoms with Crippen LogP contribution in [0.5, 0.6) is 0 Å². The highest BCUT2D eigenvalue weighted by Crippen LogP contribution is 2.13. The summed E-state index contributed by atoms with van der Waals surface area (Å²) in [6.07, 6.45) is 3.19. The van der Waals surface area contributed by atoms with Gasteiger partial charge in [0.15, 0.2) is 0 Å². The van der Waals surface area contributed by atoms with E-state index in [-0.39, 0.29) is 18.0 Å². The summed E-state index contributed by atoms with van der Waals surface area (Å²) < 4.78 is 0. The van der Waals surface area contributed by atoms with Crippen molar-refractivity contribution in [1.29, 1.82) is 0 Å². The quantitative estimate of drug-likeness (QED) is 0.896. The first-order chi connectivity index (χ1) is 10.6. The summed E-state index contributed by atoms with van der Waals surface area (Å²) in [6, 6.07) is 5.41. The molecule has 1 aromatic heterocycles. The Morgan fingerprint density at radius 2 is 2.23 bits per heavy atom. The van der Waals surface area contributed by atoms with Gasteiger partial charge in [0, 0.05) is 31.2 Å². The number of carbonyl (C=O) groups is 2. The van der Waals surface area contributed by atoms with Crippen molar-refractivity contribution in [1.82, 2.24) is 15.2 Å². The second-order valence-electron chi connectivity index (χ2n) is 5.70. The second-order valence-corrected chi connectivity index (χ2v) is 5.70. The van der Waals surface area contributed by atoms with Crippen LogP contribution in [0.25, 0.3) is 0 Å². The zero-order chi connectivity index (χ0) is 15.9. The van der Waals surface area contributed by atoms with E-state index in [1.165, 1.54) is 0 Å². The molecule has 1 aliphatic heterocycles. The van der Waals surface area contributed by atoms with Gasteiger partial charge in [-0.15, -0.1) is 0 Å². The zero-order valence-corrected chi connectivity index (χ0v) is 13.3. The van der Waals surface area contributed by atoms with E-state index >= 15 is 0 Å². The van der Waals surface area contributed by atoms with Gasteiger partial charge in [-0.2, -0.15) is 0 Å². The summed E-state index contributed by atoms with van der Waals surface area (Å²) in [6.45, 7) is 5.12. The van der Waals surface area contributed by atoms with Crippen LogP contribution in [0, 0.1) is 6.92 Å². The van der Waals surface area contributed by atoms with Crippen LogP contribution in [0.2, 0.25) is 0 Å². The molecule has 2 heterocycles. The van der Waals surface area contributed by atoms with Gasteiger partial charge in [0.2, 0.25) is 5.91 Å². The van der Waals surface area contributed by atoms with Crippen LogP contribution < -0.4 is 10.6 Å². The van der Waals surface area contributed by atoms with E-state index < -0.39 is 0 Å². The molecule has 120 valence electrons. The van der Waals surface area contributed by atoms with Gasteiger partial charge in [-0.3, -0.25) is 10.1 Å². The normalized spacial score (nSPS) is 17.9. The van der Waals surface area contributed by atoms with Gasteiger partial charge in [-0.1, -0.05) is 13.0 Å². The van der Waals surface area contributed by atoms with E-state index in [0.717, 1.165) is 25.0 Å². The minimum Gasteiger partial charge on any atom is -0.352 e. The third kappa shape index (κ3) is 4.72. The van der Waals surface area contributed by atoms with E-state index in [2.05, 4.69) is 15.6 Å². The van der Waals surface area contributed by atoms with Gasteiger partial charge in [0.1, 0.15) is 5.82 Å². The predicted octanol–water partition coefficient (Wildman–Crippen LogP) is 2.30. The summed E-state index contributed by atoms with van der Waals surface area (Å²) in [5.74, 6) is 0.622. The average molecular weight is 304 g/mol. The highest BCUT2D eigenvalue weighted by atomic mass is 16.2. The van der Waals surface area contributed by atoms with E-state index in [4.69, 9.17) is 0 Å². The summed E-state index contributed by atoms with van der Waals surface area (Å²) in [5, 5.41) is 5.82. The molecule has 0 aromatic carbocycles. The van der Waals surface area contributed by atoms with Gasteiger partial charge in [0.05, 0.1) is 0 Å². The number of piperidine rings is 1. The van der Waals surface area contributed by atoms with Crippen molar-refractivity contribution in [2.45, 2.75) is 45.6 Å². The number of likely N-dealkylation sites (tertiary alicyclic amines) is 1.